The van der Waals surface area contributed by atoms with Crippen LogP contribution in [0.3, 0.4) is 0 Å². The minimum Gasteiger partial charge on any atom is -0.466 e. The van der Waals surface area contributed by atoms with Crippen molar-refractivity contribution >= 4 is 17.8 Å². The second-order valence-electron chi connectivity index (χ2n) is 8.56. The first-order valence-corrected chi connectivity index (χ1v) is 11.2. The van der Waals surface area contributed by atoms with Gasteiger partial charge in [-0.2, -0.15) is 0 Å². The van der Waals surface area contributed by atoms with E-state index in [2.05, 4.69) is 6.58 Å². The highest BCUT2D eigenvalue weighted by Gasteiger charge is 2.75. The second kappa shape index (κ2) is 9.03. The molecule has 8 nitrogen and oxygen atoms in total. The molecule has 8 heteroatoms. The van der Waals surface area contributed by atoms with Crippen LogP contribution in [0.25, 0.3) is 0 Å². The number of amides is 2. The van der Waals surface area contributed by atoms with E-state index >= 15 is 0 Å². The van der Waals surface area contributed by atoms with Crippen molar-refractivity contribution in [3.8, 4) is 0 Å². The van der Waals surface area contributed by atoms with Crippen LogP contribution < -0.4 is 0 Å². The predicted molar refractivity (Wildman–Crippen MR) is 115 cm³/mol. The molecule has 1 spiro atoms. The Morgan fingerprint density at radius 2 is 2.12 bits per heavy atom. The van der Waals surface area contributed by atoms with E-state index in [-0.39, 0.29) is 31.6 Å². The topological polar surface area (TPSA) is 96.4 Å². The van der Waals surface area contributed by atoms with Gasteiger partial charge in [-0.05, 0) is 25.3 Å². The van der Waals surface area contributed by atoms with Crippen LogP contribution in [0.2, 0.25) is 0 Å². The number of nitrogens with zero attached hydrogens (tertiary/aromatic N) is 2. The van der Waals surface area contributed by atoms with Crippen molar-refractivity contribution in [3.63, 3.8) is 0 Å². The molecule has 3 aliphatic heterocycles. The molecule has 1 aromatic carbocycles. The molecule has 172 valence electrons. The zero-order valence-electron chi connectivity index (χ0n) is 18.3. The summed E-state index contributed by atoms with van der Waals surface area (Å²) in [6.45, 7) is 6.09. The lowest BCUT2D eigenvalue weighted by Gasteiger charge is -2.36. The maximum Gasteiger partial charge on any atom is 0.312 e. The number of ether oxygens (including phenoxy) is 2. The summed E-state index contributed by atoms with van der Waals surface area (Å²) < 4.78 is 11.5. The minimum absolute atomic E-state index is 0.00429. The van der Waals surface area contributed by atoms with Gasteiger partial charge in [-0.25, -0.2) is 0 Å². The molecule has 3 fully saturated rings. The molecule has 0 aliphatic carbocycles. The van der Waals surface area contributed by atoms with Crippen molar-refractivity contribution in [1.29, 1.82) is 0 Å². The van der Waals surface area contributed by atoms with Gasteiger partial charge in [-0.1, -0.05) is 36.4 Å². The number of aliphatic hydroxyl groups excluding tert-OH is 1. The smallest absolute Gasteiger partial charge is 0.312 e. The molecule has 0 radical (unpaired) electrons. The van der Waals surface area contributed by atoms with Gasteiger partial charge in [-0.15, -0.1) is 6.58 Å². The molecule has 2 bridgehead atoms. The molecule has 3 heterocycles. The average Bonchev–Trinajstić information content (AvgIpc) is 3.42. The van der Waals surface area contributed by atoms with Crippen LogP contribution in [0.15, 0.2) is 43.0 Å². The maximum atomic E-state index is 13.9. The molecular formula is C24H30N2O6. The summed E-state index contributed by atoms with van der Waals surface area (Å²) in [6.07, 6.45) is 2.31. The van der Waals surface area contributed by atoms with Crippen molar-refractivity contribution in [1.82, 2.24) is 9.80 Å². The lowest BCUT2D eigenvalue weighted by molar-refractivity contribution is -0.155. The normalized spacial score (nSPS) is 30.3. The van der Waals surface area contributed by atoms with Gasteiger partial charge in [0.05, 0.1) is 31.2 Å². The van der Waals surface area contributed by atoms with Gasteiger partial charge in [0, 0.05) is 19.6 Å². The SMILES string of the molecule is C=CCN(Cc1ccccc1)C(=O)C1N(CCO)C(=O)[C@@H]2[C@H](C(=O)OCC)[C@@H]3CCC12O3. The third-order valence-corrected chi connectivity index (χ3v) is 6.81. The molecular weight excluding hydrogens is 412 g/mol. The average molecular weight is 443 g/mol. The number of rotatable bonds is 9. The molecule has 0 aromatic heterocycles. The van der Waals surface area contributed by atoms with Crippen molar-refractivity contribution < 1.29 is 29.0 Å². The van der Waals surface area contributed by atoms with Crippen LogP contribution in [0.4, 0.5) is 0 Å². The Hall–Kier alpha value is -2.71. The number of esters is 1. The first-order valence-electron chi connectivity index (χ1n) is 11.2. The highest BCUT2D eigenvalue weighted by Crippen LogP contribution is 2.58. The molecule has 1 N–H and O–H groups in total. The Labute approximate surface area is 187 Å². The molecule has 5 atom stereocenters. The number of aliphatic hydroxyl groups is 1. The third-order valence-electron chi connectivity index (χ3n) is 6.81. The van der Waals surface area contributed by atoms with Crippen LogP contribution >= 0.6 is 0 Å². The Kier molecular flexibility index (Phi) is 6.35. The zero-order chi connectivity index (χ0) is 22.9. The fourth-order valence-electron chi connectivity index (χ4n) is 5.65. The second-order valence-corrected chi connectivity index (χ2v) is 8.56. The predicted octanol–water partition coefficient (Wildman–Crippen LogP) is 1.13. The van der Waals surface area contributed by atoms with Crippen LogP contribution in [0.1, 0.15) is 25.3 Å². The highest BCUT2D eigenvalue weighted by molar-refractivity contribution is 5.98. The summed E-state index contributed by atoms with van der Waals surface area (Å²) in [5.74, 6) is -2.54. The number of carbonyl (C=O) groups is 3. The summed E-state index contributed by atoms with van der Waals surface area (Å²) in [6, 6.07) is 8.69. The molecule has 32 heavy (non-hydrogen) atoms. The number of benzene rings is 1. The fourth-order valence-corrected chi connectivity index (χ4v) is 5.65. The van der Waals surface area contributed by atoms with Crippen molar-refractivity contribution in [2.24, 2.45) is 11.8 Å². The summed E-state index contributed by atoms with van der Waals surface area (Å²) in [7, 11) is 0. The van der Waals surface area contributed by atoms with Gasteiger partial charge in [0.15, 0.2) is 0 Å². The minimum atomic E-state index is -1.08. The van der Waals surface area contributed by atoms with E-state index in [9.17, 15) is 19.5 Å². The van der Waals surface area contributed by atoms with Crippen molar-refractivity contribution in [2.45, 2.75) is 44.1 Å². The van der Waals surface area contributed by atoms with Gasteiger partial charge < -0.3 is 24.4 Å². The van der Waals surface area contributed by atoms with Crippen LogP contribution in [-0.4, -0.2) is 76.7 Å². The Balaban J connectivity index is 1.69. The van der Waals surface area contributed by atoms with E-state index < -0.39 is 35.6 Å². The lowest BCUT2D eigenvalue weighted by Crippen LogP contribution is -2.56. The maximum absolute atomic E-state index is 13.9. The van der Waals surface area contributed by atoms with Crippen LogP contribution in [0.5, 0.6) is 0 Å². The van der Waals surface area contributed by atoms with Crippen LogP contribution in [0, 0.1) is 11.8 Å². The summed E-state index contributed by atoms with van der Waals surface area (Å²) in [5, 5.41) is 9.64. The molecule has 3 saturated heterocycles. The Bertz CT molecular complexity index is 890. The van der Waals surface area contributed by atoms with E-state index in [1.807, 2.05) is 30.3 Å². The van der Waals surface area contributed by atoms with Crippen molar-refractivity contribution in [2.75, 3.05) is 26.3 Å². The molecule has 2 amide bonds. The highest BCUT2D eigenvalue weighted by atomic mass is 16.6. The number of fused-ring (bicyclic) bond motifs is 1. The van der Waals surface area contributed by atoms with Gasteiger partial charge >= 0.3 is 5.97 Å². The number of hydrogen-bond donors (Lipinski definition) is 1. The summed E-state index contributed by atoms with van der Waals surface area (Å²) in [5.41, 5.74) is -0.127. The van der Waals surface area contributed by atoms with E-state index in [1.165, 1.54) is 4.90 Å². The molecule has 4 rings (SSSR count). The van der Waals surface area contributed by atoms with Gasteiger partial charge in [0.25, 0.3) is 0 Å². The monoisotopic (exact) mass is 442 g/mol. The molecule has 0 saturated carbocycles. The standard InChI is InChI=1S/C24H30N2O6/c1-3-12-25(15-16-8-6-5-7-9-16)22(29)20-24-11-10-17(32-24)18(23(30)31-4-2)19(24)21(28)26(20)13-14-27/h3,5-9,17-20,27H,1,4,10-15H2,2H3/t17-,18+,19-,20?,24?/m0/s1. The lowest BCUT2D eigenvalue weighted by atomic mass is 9.70. The largest absolute Gasteiger partial charge is 0.466 e. The first-order chi connectivity index (χ1) is 15.5. The zero-order valence-corrected chi connectivity index (χ0v) is 18.3. The fraction of sp³-hybridized carbons (Fsp3) is 0.542. The molecule has 2 unspecified atom stereocenters. The van der Waals surface area contributed by atoms with E-state index in [4.69, 9.17) is 9.47 Å². The van der Waals surface area contributed by atoms with E-state index in [1.54, 1.807) is 17.9 Å². The first kappa shape index (κ1) is 22.5. The Morgan fingerprint density at radius 1 is 1.38 bits per heavy atom. The molecule has 1 aromatic rings. The van der Waals surface area contributed by atoms with Crippen molar-refractivity contribution in [3.05, 3.63) is 48.6 Å². The van der Waals surface area contributed by atoms with E-state index in [0.29, 0.717) is 25.9 Å². The van der Waals surface area contributed by atoms with Crippen LogP contribution in [-0.2, 0) is 30.4 Å². The number of likely N-dealkylation sites (tertiary alicyclic amines) is 1. The van der Waals surface area contributed by atoms with Gasteiger partial charge in [0.2, 0.25) is 11.8 Å². The number of hydrogen-bond acceptors (Lipinski definition) is 6. The molecule has 3 aliphatic rings. The number of β-amino-alcohol motifs (C(OH)–C–C–N with tert-alkyl or cyclic N) is 1. The van der Waals surface area contributed by atoms with Gasteiger partial charge in [-0.3, -0.25) is 14.4 Å². The van der Waals surface area contributed by atoms with E-state index in [0.717, 1.165) is 5.56 Å². The summed E-state index contributed by atoms with van der Waals surface area (Å²) >= 11 is 0. The number of carbonyl (C=O) groups excluding carboxylic acids is 3. The quantitative estimate of drug-likeness (QED) is 0.455. The third kappa shape index (κ3) is 3.51. The summed E-state index contributed by atoms with van der Waals surface area (Å²) in [4.78, 5) is 43.1. The Morgan fingerprint density at radius 3 is 2.78 bits per heavy atom. The van der Waals surface area contributed by atoms with Gasteiger partial charge in [0.1, 0.15) is 11.6 Å².